The summed E-state index contributed by atoms with van der Waals surface area (Å²) < 4.78 is 0. The van der Waals surface area contributed by atoms with E-state index >= 15 is 0 Å². The van der Waals surface area contributed by atoms with Gasteiger partial charge in [-0.2, -0.15) is 0 Å². The van der Waals surface area contributed by atoms with Crippen molar-refractivity contribution in [1.29, 1.82) is 0 Å². The van der Waals surface area contributed by atoms with Gasteiger partial charge >= 0.3 is 0 Å². The molecule has 1 N–H and O–H groups in total. The van der Waals surface area contributed by atoms with Gasteiger partial charge in [0.15, 0.2) is 0 Å². The van der Waals surface area contributed by atoms with Crippen molar-refractivity contribution < 1.29 is 5.11 Å². The predicted molar refractivity (Wildman–Crippen MR) is 51.9 cm³/mol. The standard InChI is InChI=1S/C11H20O/c1-5-11(4)7-6-9(8-12)10(11,2)3/h5,9,12H,1,6-8H2,2-4H3. The van der Waals surface area contributed by atoms with Crippen LogP contribution in [0.2, 0.25) is 0 Å². The largest absolute Gasteiger partial charge is 0.396 e. The molecule has 1 nitrogen and oxygen atoms in total. The molecule has 0 spiro atoms. The minimum Gasteiger partial charge on any atom is -0.396 e. The van der Waals surface area contributed by atoms with Crippen molar-refractivity contribution in [2.24, 2.45) is 16.7 Å². The molecule has 1 saturated carbocycles. The van der Waals surface area contributed by atoms with Crippen molar-refractivity contribution in [3.63, 3.8) is 0 Å². The second kappa shape index (κ2) is 2.88. The van der Waals surface area contributed by atoms with Crippen LogP contribution in [-0.4, -0.2) is 11.7 Å². The molecule has 2 atom stereocenters. The molecular formula is C11H20O. The van der Waals surface area contributed by atoms with E-state index in [9.17, 15) is 5.11 Å². The highest BCUT2D eigenvalue weighted by molar-refractivity contribution is 5.08. The smallest absolute Gasteiger partial charge is 0.0464 e. The quantitative estimate of drug-likeness (QED) is 0.628. The van der Waals surface area contributed by atoms with E-state index in [4.69, 9.17) is 0 Å². The Labute approximate surface area is 75.5 Å². The third-order valence-corrected chi connectivity index (χ3v) is 4.18. The minimum atomic E-state index is 0.198. The van der Waals surface area contributed by atoms with Crippen LogP contribution < -0.4 is 0 Å². The lowest BCUT2D eigenvalue weighted by atomic mass is 9.66. The van der Waals surface area contributed by atoms with Crippen molar-refractivity contribution in [3.8, 4) is 0 Å². The van der Waals surface area contributed by atoms with E-state index < -0.39 is 0 Å². The van der Waals surface area contributed by atoms with Gasteiger partial charge in [-0.1, -0.05) is 26.8 Å². The molecule has 1 rings (SSSR count). The zero-order valence-corrected chi connectivity index (χ0v) is 8.43. The topological polar surface area (TPSA) is 20.2 Å². The minimum absolute atomic E-state index is 0.198. The Hall–Kier alpha value is -0.300. The number of rotatable bonds is 2. The fraction of sp³-hybridized carbons (Fsp3) is 0.818. The number of allylic oxidation sites excluding steroid dienone is 1. The molecule has 70 valence electrons. The zero-order chi connectivity index (χ0) is 9.41. The Morgan fingerprint density at radius 1 is 1.50 bits per heavy atom. The molecule has 1 aliphatic rings. The molecule has 0 aromatic rings. The monoisotopic (exact) mass is 168 g/mol. The van der Waals surface area contributed by atoms with Crippen LogP contribution in [0.25, 0.3) is 0 Å². The molecule has 1 heteroatoms. The molecule has 12 heavy (non-hydrogen) atoms. The van der Waals surface area contributed by atoms with Gasteiger partial charge in [-0.25, -0.2) is 0 Å². The van der Waals surface area contributed by atoms with Crippen LogP contribution in [0.1, 0.15) is 33.6 Å². The van der Waals surface area contributed by atoms with Crippen molar-refractivity contribution in [1.82, 2.24) is 0 Å². The lowest BCUT2D eigenvalue weighted by molar-refractivity contribution is 0.0864. The first-order chi connectivity index (χ1) is 5.48. The number of hydrogen-bond donors (Lipinski definition) is 1. The summed E-state index contributed by atoms with van der Waals surface area (Å²) in [5, 5.41) is 9.20. The van der Waals surface area contributed by atoms with E-state index in [-0.39, 0.29) is 10.8 Å². The maximum absolute atomic E-state index is 9.20. The summed E-state index contributed by atoms with van der Waals surface area (Å²) in [4.78, 5) is 0. The number of aliphatic hydroxyl groups is 1. The Balaban J connectivity index is 2.91. The van der Waals surface area contributed by atoms with Crippen molar-refractivity contribution in [2.45, 2.75) is 33.6 Å². The molecule has 2 unspecified atom stereocenters. The maximum Gasteiger partial charge on any atom is 0.0464 e. The summed E-state index contributed by atoms with van der Waals surface area (Å²) in [6.45, 7) is 10.9. The first kappa shape index (κ1) is 9.79. The Morgan fingerprint density at radius 2 is 2.08 bits per heavy atom. The van der Waals surface area contributed by atoms with Gasteiger partial charge in [0.2, 0.25) is 0 Å². The second-order valence-corrected chi connectivity index (χ2v) is 4.76. The Morgan fingerprint density at radius 3 is 2.33 bits per heavy atom. The fourth-order valence-electron chi connectivity index (χ4n) is 2.31. The SMILES string of the molecule is C=CC1(C)CCC(CO)C1(C)C. The van der Waals surface area contributed by atoms with Gasteiger partial charge in [0, 0.05) is 6.61 Å². The summed E-state index contributed by atoms with van der Waals surface area (Å²) in [5.41, 5.74) is 0.407. The van der Waals surface area contributed by atoms with E-state index in [2.05, 4.69) is 33.4 Å². The molecule has 0 aromatic heterocycles. The molecule has 0 amide bonds. The predicted octanol–water partition coefficient (Wildman–Crippen LogP) is 2.61. The molecule has 0 heterocycles. The number of hydrogen-bond acceptors (Lipinski definition) is 1. The van der Waals surface area contributed by atoms with Crippen LogP contribution in [-0.2, 0) is 0 Å². The normalized spacial score (nSPS) is 39.8. The van der Waals surface area contributed by atoms with E-state index in [0.717, 1.165) is 12.8 Å². The first-order valence-corrected chi connectivity index (χ1v) is 4.72. The molecule has 0 aliphatic heterocycles. The van der Waals surface area contributed by atoms with Gasteiger partial charge in [-0.15, -0.1) is 6.58 Å². The summed E-state index contributed by atoms with van der Waals surface area (Å²) in [7, 11) is 0. The molecule has 0 aromatic carbocycles. The Bertz CT molecular complexity index is 183. The number of aliphatic hydroxyl groups excluding tert-OH is 1. The third kappa shape index (κ3) is 1.11. The zero-order valence-electron chi connectivity index (χ0n) is 8.43. The van der Waals surface area contributed by atoms with Crippen LogP contribution in [0, 0.1) is 16.7 Å². The molecule has 1 fully saturated rings. The lowest BCUT2D eigenvalue weighted by Gasteiger charge is -2.39. The summed E-state index contributed by atoms with van der Waals surface area (Å²) in [5.74, 6) is 0.445. The van der Waals surface area contributed by atoms with E-state index in [0.29, 0.717) is 12.5 Å². The summed E-state index contributed by atoms with van der Waals surface area (Å²) in [6.07, 6.45) is 4.35. The van der Waals surface area contributed by atoms with Crippen LogP contribution in [0.5, 0.6) is 0 Å². The van der Waals surface area contributed by atoms with Crippen LogP contribution in [0.4, 0.5) is 0 Å². The van der Waals surface area contributed by atoms with E-state index in [1.54, 1.807) is 0 Å². The van der Waals surface area contributed by atoms with Crippen LogP contribution >= 0.6 is 0 Å². The highest BCUT2D eigenvalue weighted by Gasteiger charge is 2.49. The van der Waals surface area contributed by atoms with E-state index in [1.165, 1.54) is 0 Å². The second-order valence-electron chi connectivity index (χ2n) is 4.76. The van der Waals surface area contributed by atoms with Crippen molar-refractivity contribution in [2.75, 3.05) is 6.61 Å². The average molecular weight is 168 g/mol. The van der Waals surface area contributed by atoms with Gasteiger partial charge in [0.05, 0.1) is 0 Å². The van der Waals surface area contributed by atoms with Gasteiger partial charge in [-0.3, -0.25) is 0 Å². The molecule has 0 radical (unpaired) electrons. The van der Waals surface area contributed by atoms with Crippen LogP contribution in [0.3, 0.4) is 0 Å². The van der Waals surface area contributed by atoms with Crippen LogP contribution in [0.15, 0.2) is 12.7 Å². The van der Waals surface area contributed by atoms with Gasteiger partial charge in [-0.05, 0) is 29.6 Å². The Kier molecular flexibility index (Phi) is 2.35. The first-order valence-electron chi connectivity index (χ1n) is 4.72. The highest BCUT2D eigenvalue weighted by Crippen LogP contribution is 2.56. The van der Waals surface area contributed by atoms with Gasteiger partial charge in [0.25, 0.3) is 0 Å². The molecule has 1 aliphatic carbocycles. The van der Waals surface area contributed by atoms with Gasteiger partial charge < -0.3 is 5.11 Å². The molecular weight excluding hydrogens is 148 g/mol. The van der Waals surface area contributed by atoms with Crippen molar-refractivity contribution >= 4 is 0 Å². The van der Waals surface area contributed by atoms with Gasteiger partial charge in [0.1, 0.15) is 0 Å². The maximum atomic E-state index is 9.20. The van der Waals surface area contributed by atoms with Crippen molar-refractivity contribution in [3.05, 3.63) is 12.7 Å². The highest BCUT2D eigenvalue weighted by atomic mass is 16.3. The summed E-state index contributed by atoms with van der Waals surface area (Å²) >= 11 is 0. The fourth-order valence-corrected chi connectivity index (χ4v) is 2.31. The molecule has 0 saturated heterocycles. The summed E-state index contributed by atoms with van der Waals surface area (Å²) in [6, 6.07) is 0. The lowest BCUT2D eigenvalue weighted by Crippen LogP contribution is -2.33. The van der Waals surface area contributed by atoms with E-state index in [1.807, 2.05) is 0 Å². The average Bonchev–Trinajstić information content (AvgIpc) is 2.25. The molecule has 0 bridgehead atoms. The third-order valence-electron chi connectivity index (χ3n) is 4.18.